The Morgan fingerprint density at radius 2 is 1.76 bits per heavy atom. The van der Waals surface area contributed by atoms with E-state index in [2.05, 4.69) is 5.32 Å². The predicted octanol–water partition coefficient (Wildman–Crippen LogP) is 1.71. The Hall–Kier alpha value is -1.10. The summed E-state index contributed by atoms with van der Waals surface area (Å²) in [5, 5.41) is 2.99. The predicted molar refractivity (Wildman–Crippen MR) is 80.8 cm³/mol. The summed E-state index contributed by atoms with van der Waals surface area (Å²) in [6.07, 6.45) is 7.53. The molecular formula is C16H28N2O3. The molecule has 5 nitrogen and oxygen atoms in total. The summed E-state index contributed by atoms with van der Waals surface area (Å²) in [7, 11) is 0. The summed E-state index contributed by atoms with van der Waals surface area (Å²) < 4.78 is 5.27. The van der Waals surface area contributed by atoms with Gasteiger partial charge in [0.2, 0.25) is 11.8 Å². The van der Waals surface area contributed by atoms with Crippen LogP contribution in [0.25, 0.3) is 0 Å². The van der Waals surface area contributed by atoms with Gasteiger partial charge < -0.3 is 15.0 Å². The molecule has 0 aromatic rings. The maximum atomic E-state index is 12.1. The smallest absolute Gasteiger partial charge is 0.223 e. The monoisotopic (exact) mass is 296 g/mol. The number of hydrogen-bond donors (Lipinski definition) is 1. The highest BCUT2D eigenvalue weighted by Gasteiger charge is 2.24. The van der Waals surface area contributed by atoms with Crippen molar-refractivity contribution in [2.24, 2.45) is 5.92 Å². The lowest BCUT2D eigenvalue weighted by molar-refractivity contribution is -0.133. The Kier molecular flexibility index (Phi) is 6.49. The minimum absolute atomic E-state index is 0.0826. The van der Waals surface area contributed by atoms with Gasteiger partial charge in [-0.25, -0.2) is 0 Å². The Labute approximate surface area is 127 Å². The van der Waals surface area contributed by atoms with Crippen molar-refractivity contribution in [3.05, 3.63) is 0 Å². The zero-order valence-corrected chi connectivity index (χ0v) is 13.1. The summed E-state index contributed by atoms with van der Waals surface area (Å²) in [4.78, 5) is 25.8. The molecule has 0 bridgehead atoms. The zero-order valence-electron chi connectivity index (χ0n) is 13.1. The third kappa shape index (κ3) is 4.99. The highest BCUT2D eigenvalue weighted by molar-refractivity contribution is 5.78. The van der Waals surface area contributed by atoms with E-state index in [1.807, 2.05) is 4.90 Å². The number of hydrogen-bond acceptors (Lipinski definition) is 3. The first-order valence-corrected chi connectivity index (χ1v) is 8.31. The lowest BCUT2D eigenvalue weighted by Crippen LogP contribution is -2.45. The van der Waals surface area contributed by atoms with Gasteiger partial charge in [0.05, 0.1) is 0 Å². The molecule has 1 saturated carbocycles. The second-order valence-corrected chi connectivity index (χ2v) is 6.18. The summed E-state index contributed by atoms with van der Waals surface area (Å²) in [6, 6.07) is 0.372. The molecule has 2 aliphatic rings. The Morgan fingerprint density at radius 3 is 2.38 bits per heavy atom. The highest BCUT2D eigenvalue weighted by atomic mass is 16.5. The average molecular weight is 296 g/mol. The highest BCUT2D eigenvalue weighted by Crippen LogP contribution is 2.22. The molecule has 0 aromatic heterocycles. The van der Waals surface area contributed by atoms with E-state index < -0.39 is 0 Å². The fourth-order valence-corrected chi connectivity index (χ4v) is 3.39. The van der Waals surface area contributed by atoms with Crippen LogP contribution in [0.5, 0.6) is 0 Å². The number of rotatable bonds is 5. The number of nitrogens with zero attached hydrogens (tertiary/aromatic N) is 1. The van der Waals surface area contributed by atoms with Gasteiger partial charge >= 0.3 is 0 Å². The van der Waals surface area contributed by atoms with E-state index >= 15 is 0 Å². The summed E-state index contributed by atoms with van der Waals surface area (Å²) in [5.74, 6) is 0.326. The fourth-order valence-electron chi connectivity index (χ4n) is 3.39. The minimum Gasteiger partial charge on any atom is -0.381 e. The van der Waals surface area contributed by atoms with Crippen LogP contribution in [0.15, 0.2) is 0 Å². The van der Waals surface area contributed by atoms with Crippen molar-refractivity contribution in [3.63, 3.8) is 0 Å². The van der Waals surface area contributed by atoms with E-state index in [4.69, 9.17) is 4.74 Å². The van der Waals surface area contributed by atoms with Gasteiger partial charge in [-0.1, -0.05) is 19.3 Å². The lowest BCUT2D eigenvalue weighted by atomic mass is 9.94. The zero-order chi connectivity index (χ0) is 15.1. The molecule has 1 aliphatic heterocycles. The van der Waals surface area contributed by atoms with Crippen molar-refractivity contribution in [1.82, 2.24) is 10.2 Å². The minimum atomic E-state index is 0.0826. The maximum Gasteiger partial charge on any atom is 0.223 e. The van der Waals surface area contributed by atoms with Gasteiger partial charge in [-0.15, -0.1) is 0 Å². The van der Waals surface area contributed by atoms with Crippen molar-refractivity contribution < 1.29 is 14.3 Å². The fraction of sp³-hybridized carbons (Fsp3) is 0.875. The summed E-state index contributed by atoms with van der Waals surface area (Å²) in [5.41, 5.74) is 0. The van der Waals surface area contributed by atoms with Crippen LogP contribution in [0.1, 0.15) is 51.9 Å². The Morgan fingerprint density at radius 1 is 1.10 bits per heavy atom. The lowest BCUT2D eigenvalue weighted by Gasteiger charge is -2.34. The summed E-state index contributed by atoms with van der Waals surface area (Å²) >= 11 is 0. The second-order valence-electron chi connectivity index (χ2n) is 6.18. The van der Waals surface area contributed by atoms with E-state index in [0.29, 0.717) is 32.3 Å². The topological polar surface area (TPSA) is 58.6 Å². The van der Waals surface area contributed by atoms with Crippen LogP contribution in [0.2, 0.25) is 0 Å². The normalized spacial score (nSPS) is 21.0. The van der Waals surface area contributed by atoms with Crippen LogP contribution in [-0.2, 0) is 14.3 Å². The van der Waals surface area contributed by atoms with Gasteiger partial charge in [0, 0.05) is 45.2 Å². The Bertz CT molecular complexity index is 347. The molecule has 2 fully saturated rings. The van der Waals surface area contributed by atoms with Gasteiger partial charge in [0.15, 0.2) is 0 Å². The number of amides is 2. The SMILES string of the molecule is CC(=O)N(CCNC(=O)C1CCOCC1)C1CCCCC1. The quantitative estimate of drug-likeness (QED) is 0.840. The van der Waals surface area contributed by atoms with Gasteiger partial charge in [0.25, 0.3) is 0 Å². The second kappa shape index (κ2) is 8.37. The molecule has 1 aliphatic carbocycles. The van der Waals surface area contributed by atoms with Crippen molar-refractivity contribution in [2.75, 3.05) is 26.3 Å². The van der Waals surface area contributed by atoms with Crippen LogP contribution >= 0.6 is 0 Å². The number of nitrogens with one attached hydrogen (secondary N) is 1. The van der Waals surface area contributed by atoms with Crippen LogP contribution < -0.4 is 5.32 Å². The Balaban J connectivity index is 1.73. The molecule has 0 atom stereocenters. The third-order valence-electron chi connectivity index (χ3n) is 4.66. The number of carbonyl (C=O) groups excluding carboxylic acids is 2. The van der Waals surface area contributed by atoms with Crippen LogP contribution in [0.3, 0.4) is 0 Å². The maximum absolute atomic E-state index is 12.1. The molecule has 0 unspecified atom stereocenters. The van der Waals surface area contributed by atoms with E-state index in [9.17, 15) is 9.59 Å². The molecule has 120 valence electrons. The molecule has 1 heterocycles. The first-order chi connectivity index (χ1) is 10.2. The van der Waals surface area contributed by atoms with E-state index in [1.165, 1.54) is 19.3 Å². The first kappa shape index (κ1) is 16.3. The first-order valence-electron chi connectivity index (χ1n) is 8.31. The molecule has 5 heteroatoms. The number of ether oxygens (including phenoxy) is 1. The molecular weight excluding hydrogens is 268 g/mol. The van der Waals surface area contributed by atoms with Gasteiger partial charge in [0.1, 0.15) is 0 Å². The third-order valence-corrected chi connectivity index (χ3v) is 4.66. The molecule has 1 saturated heterocycles. The van der Waals surface area contributed by atoms with Gasteiger partial charge in [-0.2, -0.15) is 0 Å². The van der Waals surface area contributed by atoms with Crippen molar-refractivity contribution >= 4 is 11.8 Å². The average Bonchev–Trinajstić information content (AvgIpc) is 2.52. The molecule has 0 spiro atoms. The van der Waals surface area contributed by atoms with Crippen molar-refractivity contribution in [3.8, 4) is 0 Å². The standard InChI is InChI=1S/C16H28N2O3/c1-13(19)18(15-5-3-2-4-6-15)10-9-17-16(20)14-7-11-21-12-8-14/h14-15H,2-12H2,1H3,(H,17,20). The van der Waals surface area contributed by atoms with Crippen LogP contribution in [0.4, 0.5) is 0 Å². The van der Waals surface area contributed by atoms with Crippen LogP contribution in [0, 0.1) is 5.92 Å². The molecule has 1 N–H and O–H groups in total. The van der Waals surface area contributed by atoms with E-state index in [-0.39, 0.29) is 17.7 Å². The van der Waals surface area contributed by atoms with Gasteiger partial charge in [-0.05, 0) is 25.7 Å². The van der Waals surface area contributed by atoms with E-state index in [1.54, 1.807) is 6.92 Å². The molecule has 2 amide bonds. The van der Waals surface area contributed by atoms with Gasteiger partial charge in [-0.3, -0.25) is 9.59 Å². The molecule has 0 radical (unpaired) electrons. The van der Waals surface area contributed by atoms with Crippen molar-refractivity contribution in [1.29, 1.82) is 0 Å². The molecule has 21 heavy (non-hydrogen) atoms. The van der Waals surface area contributed by atoms with Crippen molar-refractivity contribution in [2.45, 2.75) is 57.9 Å². The largest absolute Gasteiger partial charge is 0.381 e. The molecule has 0 aromatic carbocycles. The molecule has 2 rings (SSSR count). The summed E-state index contributed by atoms with van der Waals surface area (Å²) in [6.45, 7) is 4.19. The van der Waals surface area contributed by atoms with Crippen LogP contribution in [-0.4, -0.2) is 49.1 Å². The number of carbonyl (C=O) groups is 2. The van der Waals surface area contributed by atoms with E-state index in [0.717, 1.165) is 25.7 Å².